The van der Waals surface area contributed by atoms with Crippen LogP contribution in [0.1, 0.15) is 53.6 Å². The van der Waals surface area contributed by atoms with Crippen LogP contribution in [0, 0.1) is 12.8 Å². The van der Waals surface area contributed by atoms with Gasteiger partial charge in [0.1, 0.15) is 0 Å². The summed E-state index contributed by atoms with van der Waals surface area (Å²) in [4.78, 5) is 39.1. The number of ketones is 1. The predicted octanol–water partition coefficient (Wildman–Crippen LogP) is 4.29. The molecule has 0 saturated heterocycles. The van der Waals surface area contributed by atoms with E-state index in [9.17, 15) is 14.4 Å². The van der Waals surface area contributed by atoms with Gasteiger partial charge < -0.3 is 10.2 Å². The van der Waals surface area contributed by atoms with Gasteiger partial charge in [0.15, 0.2) is 5.78 Å². The monoisotopic (exact) mass is 390 g/mol. The molecule has 2 amide bonds. The molecule has 0 atom stereocenters. The van der Waals surface area contributed by atoms with Crippen LogP contribution in [0.5, 0.6) is 0 Å². The van der Waals surface area contributed by atoms with E-state index in [4.69, 9.17) is 0 Å². The van der Waals surface area contributed by atoms with Crippen molar-refractivity contribution in [2.75, 3.05) is 16.8 Å². The van der Waals surface area contributed by atoms with Gasteiger partial charge in [0.05, 0.1) is 0 Å². The molecule has 2 aromatic carbocycles. The zero-order chi connectivity index (χ0) is 20.4. The van der Waals surface area contributed by atoms with Crippen LogP contribution < -0.4 is 10.2 Å². The molecule has 1 saturated carbocycles. The maximum Gasteiger partial charge on any atom is 0.230 e. The maximum absolute atomic E-state index is 12.5. The van der Waals surface area contributed by atoms with Crippen LogP contribution in [0.2, 0.25) is 0 Å². The van der Waals surface area contributed by atoms with Crippen molar-refractivity contribution in [2.24, 2.45) is 5.92 Å². The molecule has 1 fully saturated rings. The number of fused-ring (bicyclic) bond motifs is 1. The number of hydrogen-bond donors (Lipinski definition) is 1. The lowest BCUT2D eigenvalue weighted by atomic mass is 10.00. The molecule has 1 heterocycles. The molecule has 5 heteroatoms. The van der Waals surface area contributed by atoms with E-state index in [2.05, 4.69) is 5.32 Å². The van der Waals surface area contributed by atoms with Gasteiger partial charge in [-0.1, -0.05) is 24.3 Å². The Hall–Kier alpha value is -2.95. The van der Waals surface area contributed by atoms with Gasteiger partial charge in [-0.3, -0.25) is 14.4 Å². The first-order valence-corrected chi connectivity index (χ1v) is 10.4. The minimum atomic E-state index is -0.173. The zero-order valence-corrected chi connectivity index (χ0v) is 16.7. The van der Waals surface area contributed by atoms with E-state index in [1.807, 2.05) is 48.2 Å². The van der Waals surface area contributed by atoms with Crippen LogP contribution in [-0.4, -0.2) is 24.1 Å². The number of anilines is 2. The molecule has 0 bridgehead atoms. The molecular formula is C24H26N2O3. The Labute approximate surface area is 171 Å². The van der Waals surface area contributed by atoms with E-state index in [1.54, 1.807) is 6.07 Å². The van der Waals surface area contributed by atoms with Crippen molar-refractivity contribution in [1.29, 1.82) is 0 Å². The second kappa shape index (κ2) is 8.19. The SMILES string of the molecule is Cc1ccccc1C(=O)CCC(=O)Nc1ccc2c(c1)CCCN2C(=O)C1CC1. The van der Waals surface area contributed by atoms with E-state index in [0.717, 1.165) is 54.7 Å². The van der Waals surface area contributed by atoms with Crippen LogP contribution in [0.25, 0.3) is 0 Å². The lowest BCUT2D eigenvalue weighted by Gasteiger charge is -2.30. The fraction of sp³-hybridized carbons (Fsp3) is 0.375. The summed E-state index contributed by atoms with van der Waals surface area (Å²) < 4.78 is 0. The fourth-order valence-corrected chi connectivity index (χ4v) is 3.93. The van der Waals surface area contributed by atoms with Gasteiger partial charge in [0.25, 0.3) is 0 Å². The third-order valence-corrected chi connectivity index (χ3v) is 5.70. The quantitative estimate of drug-likeness (QED) is 0.749. The molecule has 2 aromatic rings. The van der Waals surface area contributed by atoms with Crippen molar-refractivity contribution in [1.82, 2.24) is 0 Å². The van der Waals surface area contributed by atoms with Gasteiger partial charge in [0.2, 0.25) is 11.8 Å². The molecule has 29 heavy (non-hydrogen) atoms. The molecule has 0 unspecified atom stereocenters. The molecule has 1 aliphatic carbocycles. The van der Waals surface area contributed by atoms with Gasteiger partial charge in [-0.2, -0.15) is 0 Å². The topological polar surface area (TPSA) is 66.5 Å². The number of nitrogens with one attached hydrogen (secondary N) is 1. The average Bonchev–Trinajstić information content (AvgIpc) is 3.56. The second-order valence-electron chi connectivity index (χ2n) is 8.00. The number of amides is 2. The summed E-state index contributed by atoms with van der Waals surface area (Å²) in [6, 6.07) is 13.2. The first kappa shape index (κ1) is 19.4. The highest BCUT2D eigenvalue weighted by atomic mass is 16.2. The van der Waals surface area contributed by atoms with E-state index >= 15 is 0 Å². The largest absolute Gasteiger partial charge is 0.326 e. The summed E-state index contributed by atoms with van der Waals surface area (Å²) in [6.07, 6.45) is 4.18. The Balaban J connectivity index is 1.37. The van der Waals surface area contributed by atoms with Crippen LogP contribution >= 0.6 is 0 Å². The molecular weight excluding hydrogens is 364 g/mol. The molecule has 0 aromatic heterocycles. The number of carbonyl (C=O) groups excluding carboxylic acids is 3. The fourth-order valence-electron chi connectivity index (χ4n) is 3.93. The number of aryl methyl sites for hydroxylation is 2. The van der Waals surface area contributed by atoms with Crippen molar-refractivity contribution in [3.8, 4) is 0 Å². The highest BCUT2D eigenvalue weighted by Crippen LogP contribution is 2.36. The normalized spacial score (nSPS) is 15.6. The van der Waals surface area contributed by atoms with Gasteiger partial charge in [0, 0.05) is 42.2 Å². The van der Waals surface area contributed by atoms with Crippen LogP contribution in [0.15, 0.2) is 42.5 Å². The molecule has 1 aliphatic heterocycles. The van der Waals surface area contributed by atoms with Gasteiger partial charge in [-0.15, -0.1) is 0 Å². The van der Waals surface area contributed by atoms with Gasteiger partial charge in [-0.25, -0.2) is 0 Å². The highest BCUT2D eigenvalue weighted by Gasteiger charge is 2.35. The number of hydrogen-bond acceptors (Lipinski definition) is 3. The first-order chi connectivity index (χ1) is 14.0. The van der Waals surface area contributed by atoms with Crippen molar-refractivity contribution < 1.29 is 14.4 Å². The highest BCUT2D eigenvalue weighted by molar-refractivity contribution is 6.01. The minimum absolute atomic E-state index is 0.0158. The van der Waals surface area contributed by atoms with Gasteiger partial charge >= 0.3 is 0 Å². The van der Waals surface area contributed by atoms with Crippen molar-refractivity contribution in [2.45, 2.75) is 45.4 Å². The third-order valence-electron chi connectivity index (χ3n) is 5.70. The molecule has 150 valence electrons. The Morgan fingerprint density at radius 1 is 1.07 bits per heavy atom. The third kappa shape index (κ3) is 4.39. The number of rotatable bonds is 6. The molecule has 4 rings (SSSR count). The first-order valence-electron chi connectivity index (χ1n) is 10.4. The smallest absolute Gasteiger partial charge is 0.230 e. The van der Waals surface area contributed by atoms with Gasteiger partial charge in [-0.05, 0) is 61.9 Å². The second-order valence-corrected chi connectivity index (χ2v) is 8.00. The van der Waals surface area contributed by atoms with Crippen molar-refractivity contribution in [3.05, 3.63) is 59.2 Å². The predicted molar refractivity (Wildman–Crippen MR) is 113 cm³/mol. The van der Waals surface area contributed by atoms with Crippen LogP contribution in [0.3, 0.4) is 0 Å². The Morgan fingerprint density at radius 3 is 2.62 bits per heavy atom. The summed E-state index contributed by atoms with van der Waals surface area (Å²) in [7, 11) is 0. The summed E-state index contributed by atoms with van der Waals surface area (Å²) in [5.74, 6) is 0.245. The lowest BCUT2D eigenvalue weighted by Crippen LogP contribution is -2.36. The average molecular weight is 390 g/mol. The number of benzene rings is 2. The standard InChI is InChI=1S/C24H26N2O3/c1-16-5-2-3-7-20(16)22(27)12-13-23(28)25-19-10-11-21-18(15-19)6-4-14-26(21)24(29)17-8-9-17/h2-3,5,7,10-11,15,17H,4,6,8-9,12-14H2,1H3,(H,25,28). The van der Waals surface area contributed by atoms with E-state index < -0.39 is 0 Å². The zero-order valence-electron chi connectivity index (χ0n) is 16.7. The summed E-state index contributed by atoms with van der Waals surface area (Å²) in [5, 5.41) is 2.90. The number of Topliss-reactive ketones (excluding diaryl/α,β-unsaturated/α-hetero) is 1. The summed E-state index contributed by atoms with van der Waals surface area (Å²) >= 11 is 0. The maximum atomic E-state index is 12.5. The van der Waals surface area contributed by atoms with Crippen LogP contribution in [0.4, 0.5) is 11.4 Å². The van der Waals surface area contributed by atoms with Crippen LogP contribution in [-0.2, 0) is 16.0 Å². The lowest BCUT2D eigenvalue weighted by molar-refractivity contribution is -0.120. The Morgan fingerprint density at radius 2 is 1.86 bits per heavy atom. The molecule has 0 radical (unpaired) electrons. The molecule has 0 spiro atoms. The number of nitrogens with zero attached hydrogens (tertiary/aromatic N) is 1. The molecule has 1 N–H and O–H groups in total. The van der Waals surface area contributed by atoms with Crippen molar-refractivity contribution >= 4 is 29.0 Å². The Bertz CT molecular complexity index is 962. The minimum Gasteiger partial charge on any atom is -0.326 e. The summed E-state index contributed by atoms with van der Waals surface area (Å²) in [6.45, 7) is 2.67. The van der Waals surface area contributed by atoms with E-state index in [0.29, 0.717) is 5.56 Å². The number of carbonyl (C=O) groups is 3. The van der Waals surface area contributed by atoms with E-state index in [1.165, 1.54) is 0 Å². The Kier molecular flexibility index (Phi) is 5.47. The molecule has 5 nitrogen and oxygen atoms in total. The molecule has 2 aliphatic rings. The summed E-state index contributed by atoms with van der Waals surface area (Å²) in [5.41, 5.74) is 4.39. The van der Waals surface area contributed by atoms with E-state index in [-0.39, 0.29) is 36.4 Å². The van der Waals surface area contributed by atoms with Crippen molar-refractivity contribution in [3.63, 3.8) is 0 Å².